The molecule has 0 saturated carbocycles. The van der Waals surface area contributed by atoms with E-state index in [1.807, 2.05) is 5.32 Å². The van der Waals surface area contributed by atoms with E-state index in [1.54, 1.807) is 0 Å². The standard InChI is InChI=1S/C12H10F3N3O/c13-12(14,15)10(8-4-1-2-6-16-8)18-11(19)9-5-3-7-17-9/h1-7,10,17H,(H,18,19)/t10-/m1/s1. The number of nitrogens with zero attached hydrogens (tertiary/aromatic N) is 1. The van der Waals surface area contributed by atoms with Crippen LogP contribution in [0.2, 0.25) is 0 Å². The van der Waals surface area contributed by atoms with Crippen molar-refractivity contribution in [2.75, 3.05) is 0 Å². The van der Waals surface area contributed by atoms with Gasteiger partial charge in [0.2, 0.25) is 0 Å². The third-order valence-corrected chi connectivity index (χ3v) is 2.43. The lowest BCUT2D eigenvalue weighted by Gasteiger charge is -2.20. The molecule has 7 heteroatoms. The van der Waals surface area contributed by atoms with Crippen molar-refractivity contribution in [2.24, 2.45) is 0 Å². The first-order valence-electron chi connectivity index (χ1n) is 5.40. The Morgan fingerprint density at radius 1 is 1.26 bits per heavy atom. The Morgan fingerprint density at radius 3 is 2.58 bits per heavy atom. The van der Waals surface area contributed by atoms with Crippen LogP contribution in [0.1, 0.15) is 22.2 Å². The molecule has 0 unspecified atom stereocenters. The number of H-pyrrole nitrogens is 1. The summed E-state index contributed by atoms with van der Waals surface area (Å²) in [6.45, 7) is 0. The number of aromatic amines is 1. The average molecular weight is 269 g/mol. The van der Waals surface area contributed by atoms with E-state index in [-0.39, 0.29) is 11.4 Å². The molecule has 0 saturated heterocycles. The normalized spacial score (nSPS) is 13.0. The van der Waals surface area contributed by atoms with E-state index in [0.717, 1.165) is 0 Å². The van der Waals surface area contributed by atoms with Gasteiger partial charge in [-0.15, -0.1) is 0 Å². The van der Waals surface area contributed by atoms with Crippen molar-refractivity contribution in [3.8, 4) is 0 Å². The molecule has 2 N–H and O–H groups in total. The van der Waals surface area contributed by atoms with Crippen LogP contribution in [-0.2, 0) is 0 Å². The van der Waals surface area contributed by atoms with E-state index in [4.69, 9.17) is 0 Å². The third-order valence-electron chi connectivity index (χ3n) is 2.43. The van der Waals surface area contributed by atoms with Gasteiger partial charge in [-0.3, -0.25) is 9.78 Å². The summed E-state index contributed by atoms with van der Waals surface area (Å²) in [6.07, 6.45) is -1.91. The number of halogens is 3. The lowest BCUT2D eigenvalue weighted by molar-refractivity contribution is -0.156. The molecule has 0 radical (unpaired) electrons. The maximum Gasteiger partial charge on any atom is 0.414 e. The molecule has 1 atom stereocenters. The Balaban J connectivity index is 2.23. The minimum Gasteiger partial charge on any atom is -0.357 e. The molecular weight excluding hydrogens is 259 g/mol. The zero-order chi connectivity index (χ0) is 13.9. The molecule has 0 aliphatic carbocycles. The second-order valence-corrected chi connectivity index (χ2v) is 3.79. The van der Waals surface area contributed by atoms with Crippen LogP contribution in [0.25, 0.3) is 0 Å². The van der Waals surface area contributed by atoms with Crippen molar-refractivity contribution in [2.45, 2.75) is 12.2 Å². The quantitative estimate of drug-likeness (QED) is 0.899. The summed E-state index contributed by atoms with van der Waals surface area (Å²) in [5, 5.41) is 1.92. The molecule has 2 aromatic rings. The smallest absolute Gasteiger partial charge is 0.357 e. The molecule has 2 rings (SSSR count). The first-order chi connectivity index (χ1) is 8.98. The average Bonchev–Trinajstić information content (AvgIpc) is 2.89. The number of carbonyl (C=O) groups excluding carboxylic acids is 1. The van der Waals surface area contributed by atoms with Crippen LogP contribution in [0.15, 0.2) is 42.7 Å². The fourth-order valence-electron chi connectivity index (χ4n) is 1.55. The highest BCUT2D eigenvalue weighted by Gasteiger charge is 2.43. The largest absolute Gasteiger partial charge is 0.414 e. The topological polar surface area (TPSA) is 57.8 Å². The molecule has 0 aliphatic heterocycles. The summed E-state index contributed by atoms with van der Waals surface area (Å²) in [5.74, 6) is -0.835. The van der Waals surface area contributed by atoms with E-state index in [0.29, 0.717) is 0 Å². The second-order valence-electron chi connectivity index (χ2n) is 3.79. The van der Waals surface area contributed by atoms with Gasteiger partial charge in [0.15, 0.2) is 6.04 Å². The summed E-state index contributed by atoms with van der Waals surface area (Å²) in [7, 11) is 0. The van der Waals surface area contributed by atoms with Crippen LogP contribution in [0, 0.1) is 0 Å². The highest BCUT2D eigenvalue weighted by atomic mass is 19.4. The number of rotatable bonds is 3. The molecule has 2 aromatic heterocycles. The van der Waals surface area contributed by atoms with Crippen molar-refractivity contribution in [1.82, 2.24) is 15.3 Å². The SMILES string of the molecule is O=C(N[C@H](c1ccccn1)C(F)(F)F)c1ccc[nH]1. The fraction of sp³-hybridized carbons (Fsp3) is 0.167. The molecule has 0 spiro atoms. The lowest BCUT2D eigenvalue weighted by atomic mass is 10.1. The summed E-state index contributed by atoms with van der Waals surface area (Å²) in [4.78, 5) is 17.8. The lowest BCUT2D eigenvalue weighted by Crippen LogP contribution is -2.38. The van der Waals surface area contributed by atoms with E-state index < -0.39 is 18.1 Å². The van der Waals surface area contributed by atoms with Crippen molar-refractivity contribution in [3.63, 3.8) is 0 Å². The molecule has 0 bridgehead atoms. The maximum atomic E-state index is 12.9. The van der Waals surface area contributed by atoms with Gasteiger partial charge in [0.05, 0.1) is 5.69 Å². The molecule has 1 amide bonds. The van der Waals surface area contributed by atoms with Crippen LogP contribution in [0.3, 0.4) is 0 Å². The number of hydrogen-bond donors (Lipinski definition) is 2. The maximum absolute atomic E-state index is 12.9. The van der Waals surface area contributed by atoms with E-state index in [1.165, 1.54) is 42.7 Å². The fourth-order valence-corrected chi connectivity index (χ4v) is 1.55. The summed E-state index contributed by atoms with van der Waals surface area (Å²) < 4.78 is 38.8. The van der Waals surface area contributed by atoms with Crippen molar-refractivity contribution in [3.05, 3.63) is 54.1 Å². The van der Waals surface area contributed by atoms with Crippen molar-refractivity contribution < 1.29 is 18.0 Å². The van der Waals surface area contributed by atoms with Gasteiger partial charge in [0, 0.05) is 12.4 Å². The number of carbonyl (C=O) groups is 1. The van der Waals surface area contributed by atoms with E-state index >= 15 is 0 Å². The molecule has 0 aromatic carbocycles. The van der Waals surface area contributed by atoms with Crippen LogP contribution >= 0.6 is 0 Å². The van der Waals surface area contributed by atoms with Crippen molar-refractivity contribution in [1.29, 1.82) is 0 Å². The van der Waals surface area contributed by atoms with Gasteiger partial charge in [0.25, 0.3) is 5.91 Å². The molecule has 2 heterocycles. The van der Waals surface area contributed by atoms with Crippen LogP contribution in [0.4, 0.5) is 13.2 Å². The van der Waals surface area contributed by atoms with E-state index in [2.05, 4.69) is 9.97 Å². The van der Waals surface area contributed by atoms with Crippen LogP contribution in [-0.4, -0.2) is 22.1 Å². The Labute approximate surface area is 106 Å². The predicted octanol–water partition coefficient (Wildman–Crippen LogP) is 2.44. The monoisotopic (exact) mass is 269 g/mol. The number of aromatic nitrogens is 2. The van der Waals surface area contributed by atoms with Gasteiger partial charge in [-0.2, -0.15) is 13.2 Å². The van der Waals surface area contributed by atoms with Crippen LogP contribution in [0.5, 0.6) is 0 Å². The van der Waals surface area contributed by atoms with Gasteiger partial charge in [-0.05, 0) is 24.3 Å². The zero-order valence-electron chi connectivity index (χ0n) is 9.61. The zero-order valence-corrected chi connectivity index (χ0v) is 9.61. The highest BCUT2D eigenvalue weighted by Crippen LogP contribution is 2.31. The minimum atomic E-state index is -4.61. The van der Waals surface area contributed by atoms with Crippen LogP contribution < -0.4 is 5.32 Å². The number of nitrogens with one attached hydrogen (secondary N) is 2. The Bertz CT molecular complexity index is 537. The molecule has 100 valence electrons. The summed E-state index contributed by atoms with van der Waals surface area (Å²) in [5.41, 5.74) is -0.194. The van der Waals surface area contributed by atoms with Gasteiger partial charge in [0.1, 0.15) is 5.69 Å². The van der Waals surface area contributed by atoms with Crippen molar-refractivity contribution >= 4 is 5.91 Å². The first-order valence-corrected chi connectivity index (χ1v) is 5.40. The Kier molecular flexibility index (Phi) is 3.55. The Morgan fingerprint density at radius 2 is 2.05 bits per heavy atom. The van der Waals surface area contributed by atoms with E-state index in [9.17, 15) is 18.0 Å². The van der Waals surface area contributed by atoms with Gasteiger partial charge < -0.3 is 10.3 Å². The molecule has 4 nitrogen and oxygen atoms in total. The number of pyridine rings is 1. The first kappa shape index (κ1) is 13.1. The minimum absolute atomic E-state index is 0.0604. The summed E-state index contributed by atoms with van der Waals surface area (Å²) >= 11 is 0. The number of amides is 1. The van der Waals surface area contributed by atoms with Gasteiger partial charge in [-0.1, -0.05) is 6.07 Å². The van der Waals surface area contributed by atoms with Gasteiger partial charge in [-0.25, -0.2) is 0 Å². The predicted molar refractivity (Wildman–Crippen MR) is 61.3 cm³/mol. The molecule has 0 fully saturated rings. The summed E-state index contributed by atoms with van der Waals surface area (Å²) in [6, 6.07) is 4.93. The molecule has 0 aliphatic rings. The third kappa shape index (κ3) is 3.12. The Hall–Kier alpha value is -2.31. The second kappa shape index (κ2) is 5.13. The molecule has 19 heavy (non-hydrogen) atoms. The highest BCUT2D eigenvalue weighted by molar-refractivity contribution is 5.92. The number of alkyl halides is 3. The molecular formula is C12H10F3N3O. The van der Waals surface area contributed by atoms with Gasteiger partial charge >= 0.3 is 6.18 Å². The number of hydrogen-bond acceptors (Lipinski definition) is 2.